The number of carbonyl (C=O) groups excluding carboxylic acids is 1. The van der Waals surface area contributed by atoms with Crippen molar-refractivity contribution in [3.05, 3.63) is 29.3 Å². The Morgan fingerprint density at radius 1 is 1.33 bits per heavy atom. The van der Waals surface area contributed by atoms with Crippen LogP contribution in [0.3, 0.4) is 0 Å². The molecule has 0 aliphatic heterocycles. The standard InChI is InChI=1S/C15H22O3/c1-5-13-10-12(7-8-14(13)17-4)9-11(3)15(16)18-6-2/h7-8,10-11H,5-6,9H2,1-4H3. The monoisotopic (exact) mass is 250 g/mol. The summed E-state index contributed by atoms with van der Waals surface area (Å²) in [6.07, 6.45) is 1.63. The number of carbonyl (C=O) groups is 1. The largest absolute Gasteiger partial charge is 0.496 e. The molecule has 0 spiro atoms. The van der Waals surface area contributed by atoms with Gasteiger partial charge in [-0.25, -0.2) is 0 Å². The Hall–Kier alpha value is -1.51. The van der Waals surface area contributed by atoms with Crippen molar-refractivity contribution < 1.29 is 14.3 Å². The molecule has 1 unspecified atom stereocenters. The quantitative estimate of drug-likeness (QED) is 0.728. The molecule has 100 valence electrons. The van der Waals surface area contributed by atoms with Crippen LogP contribution in [0.2, 0.25) is 0 Å². The first-order chi connectivity index (χ1) is 8.62. The molecule has 0 N–H and O–H groups in total. The van der Waals surface area contributed by atoms with E-state index in [1.165, 1.54) is 5.56 Å². The number of esters is 1. The first-order valence-electron chi connectivity index (χ1n) is 6.44. The molecule has 3 heteroatoms. The van der Waals surface area contributed by atoms with Crippen LogP contribution in [0.1, 0.15) is 31.9 Å². The van der Waals surface area contributed by atoms with E-state index in [9.17, 15) is 4.79 Å². The number of hydrogen-bond donors (Lipinski definition) is 0. The molecule has 0 radical (unpaired) electrons. The van der Waals surface area contributed by atoms with Crippen LogP contribution in [0.5, 0.6) is 5.75 Å². The molecule has 0 aliphatic carbocycles. The molecule has 0 bridgehead atoms. The van der Waals surface area contributed by atoms with E-state index in [4.69, 9.17) is 9.47 Å². The fourth-order valence-electron chi connectivity index (χ4n) is 1.96. The normalized spacial score (nSPS) is 12.0. The summed E-state index contributed by atoms with van der Waals surface area (Å²) >= 11 is 0. The Bertz CT molecular complexity index is 399. The van der Waals surface area contributed by atoms with E-state index in [1.807, 2.05) is 26.0 Å². The molecule has 0 amide bonds. The number of methoxy groups -OCH3 is 1. The highest BCUT2D eigenvalue weighted by molar-refractivity contribution is 5.72. The fourth-order valence-corrected chi connectivity index (χ4v) is 1.96. The molecule has 0 aromatic heterocycles. The summed E-state index contributed by atoms with van der Waals surface area (Å²) in [5, 5.41) is 0. The number of rotatable bonds is 6. The van der Waals surface area contributed by atoms with Gasteiger partial charge in [0, 0.05) is 0 Å². The van der Waals surface area contributed by atoms with E-state index < -0.39 is 0 Å². The molecule has 0 saturated carbocycles. The molecule has 3 nitrogen and oxygen atoms in total. The Morgan fingerprint density at radius 2 is 2.06 bits per heavy atom. The third-order valence-corrected chi connectivity index (χ3v) is 2.96. The first-order valence-corrected chi connectivity index (χ1v) is 6.44. The number of benzene rings is 1. The molecule has 1 aromatic rings. The Balaban J connectivity index is 2.76. The van der Waals surface area contributed by atoms with Gasteiger partial charge in [-0.05, 0) is 37.0 Å². The van der Waals surface area contributed by atoms with Crippen molar-refractivity contribution >= 4 is 5.97 Å². The van der Waals surface area contributed by atoms with Crippen molar-refractivity contribution in [1.29, 1.82) is 0 Å². The van der Waals surface area contributed by atoms with E-state index in [0.29, 0.717) is 13.0 Å². The summed E-state index contributed by atoms with van der Waals surface area (Å²) in [4.78, 5) is 11.6. The lowest BCUT2D eigenvalue weighted by Crippen LogP contribution is -2.17. The lowest BCUT2D eigenvalue weighted by Gasteiger charge is -2.13. The summed E-state index contributed by atoms with van der Waals surface area (Å²) in [7, 11) is 1.68. The second-order valence-electron chi connectivity index (χ2n) is 4.36. The molecule has 1 rings (SSSR count). The predicted octanol–water partition coefficient (Wildman–Crippen LogP) is 3.00. The smallest absolute Gasteiger partial charge is 0.308 e. The van der Waals surface area contributed by atoms with E-state index in [1.54, 1.807) is 7.11 Å². The molecular formula is C15H22O3. The van der Waals surface area contributed by atoms with Gasteiger partial charge >= 0.3 is 5.97 Å². The second-order valence-corrected chi connectivity index (χ2v) is 4.36. The Kier molecular flexibility index (Phi) is 5.69. The van der Waals surface area contributed by atoms with Crippen molar-refractivity contribution in [3.8, 4) is 5.75 Å². The van der Waals surface area contributed by atoms with Crippen LogP contribution in [0.4, 0.5) is 0 Å². The maximum atomic E-state index is 11.6. The molecule has 0 aliphatic rings. The molecule has 0 saturated heterocycles. The highest BCUT2D eigenvalue weighted by Gasteiger charge is 2.15. The van der Waals surface area contributed by atoms with E-state index in [0.717, 1.165) is 17.7 Å². The van der Waals surface area contributed by atoms with Crippen molar-refractivity contribution in [1.82, 2.24) is 0 Å². The van der Waals surface area contributed by atoms with Crippen LogP contribution in [0, 0.1) is 5.92 Å². The van der Waals surface area contributed by atoms with Gasteiger partial charge in [-0.1, -0.05) is 26.0 Å². The SMILES string of the molecule is CCOC(=O)C(C)Cc1ccc(OC)c(CC)c1. The van der Waals surface area contributed by atoms with Gasteiger partial charge in [-0.2, -0.15) is 0 Å². The van der Waals surface area contributed by atoms with E-state index >= 15 is 0 Å². The summed E-state index contributed by atoms with van der Waals surface area (Å²) < 4.78 is 10.3. The lowest BCUT2D eigenvalue weighted by atomic mass is 9.98. The number of hydrogen-bond acceptors (Lipinski definition) is 3. The average Bonchev–Trinajstić information content (AvgIpc) is 2.38. The maximum absolute atomic E-state index is 11.6. The average molecular weight is 250 g/mol. The third-order valence-electron chi connectivity index (χ3n) is 2.96. The number of ether oxygens (including phenoxy) is 2. The topological polar surface area (TPSA) is 35.5 Å². The van der Waals surface area contributed by atoms with Gasteiger partial charge in [0.15, 0.2) is 0 Å². The second kappa shape index (κ2) is 7.04. The van der Waals surface area contributed by atoms with Crippen LogP contribution in [-0.2, 0) is 22.4 Å². The van der Waals surface area contributed by atoms with Crippen LogP contribution in [-0.4, -0.2) is 19.7 Å². The van der Waals surface area contributed by atoms with Gasteiger partial charge < -0.3 is 9.47 Å². The van der Waals surface area contributed by atoms with Crippen LogP contribution < -0.4 is 4.74 Å². The van der Waals surface area contributed by atoms with Crippen molar-refractivity contribution in [3.63, 3.8) is 0 Å². The lowest BCUT2D eigenvalue weighted by molar-refractivity contribution is -0.147. The highest BCUT2D eigenvalue weighted by Crippen LogP contribution is 2.22. The molecule has 0 fully saturated rings. The van der Waals surface area contributed by atoms with E-state index in [2.05, 4.69) is 13.0 Å². The molecule has 1 atom stereocenters. The zero-order valence-electron chi connectivity index (χ0n) is 11.7. The van der Waals surface area contributed by atoms with Gasteiger partial charge in [0.2, 0.25) is 0 Å². The Labute approximate surface area is 109 Å². The summed E-state index contributed by atoms with van der Waals surface area (Å²) in [6.45, 7) is 6.25. The van der Waals surface area contributed by atoms with Crippen LogP contribution in [0.25, 0.3) is 0 Å². The minimum absolute atomic E-state index is 0.108. The maximum Gasteiger partial charge on any atom is 0.308 e. The molecule has 18 heavy (non-hydrogen) atoms. The van der Waals surface area contributed by atoms with Gasteiger partial charge in [0.1, 0.15) is 5.75 Å². The minimum Gasteiger partial charge on any atom is -0.496 e. The molecular weight excluding hydrogens is 228 g/mol. The van der Waals surface area contributed by atoms with Gasteiger partial charge in [0.25, 0.3) is 0 Å². The zero-order chi connectivity index (χ0) is 13.5. The summed E-state index contributed by atoms with van der Waals surface area (Å²) in [5.74, 6) is 0.666. The summed E-state index contributed by atoms with van der Waals surface area (Å²) in [6, 6.07) is 6.08. The van der Waals surface area contributed by atoms with Gasteiger partial charge in [-0.3, -0.25) is 4.79 Å². The van der Waals surface area contributed by atoms with Crippen molar-refractivity contribution in [2.75, 3.05) is 13.7 Å². The van der Waals surface area contributed by atoms with Gasteiger partial charge in [-0.15, -0.1) is 0 Å². The zero-order valence-corrected chi connectivity index (χ0v) is 11.7. The minimum atomic E-state index is -0.133. The third kappa shape index (κ3) is 3.76. The fraction of sp³-hybridized carbons (Fsp3) is 0.533. The van der Waals surface area contributed by atoms with Crippen LogP contribution in [0.15, 0.2) is 18.2 Å². The van der Waals surface area contributed by atoms with Crippen LogP contribution >= 0.6 is 0 Å². The van der Waals surface area contributed by atoms with Crippen molar-refractivity contribution in [2.45, 2.75) is 33.6 Å². The molecule has 1 aromatic carbocycles. The first kappa shape index (κ1) is 14.6. The van der Waals surface area contributed by atoms with Crippen molar-refractivity contribution in [2.24, 2.45) is 5.92 Å². The number of aryl methyl sites for hydroxylation is 1. The molecule has 0 heterocycles. The predicted molar refractivity (Wildman–Crippen MR) is 71.9 cm³/mol. The van der Waals surface area contributed by atoms with E-state index in [-0.39, 0.29) is 11.9 Å². The highest BCUT2D eigenvalue weighted by atomic mass is 16.5. The van der Waals surface area contributed by atoms with Gasteiger partial charge in [0.05, 0.1) is 19.6 Å². The Morgan fingerprint density at radius 3 is 2.61 bits per heavy atom. The summed E-state index contributed by atoms with van der Waals surface area (Å²) in [5.41, 5.74) is 2.32.